The van der Waals surface area contributed by atoms with E-state index in [1.165, 1.54) is 9.25 Å². The van der Waals surface area contributed by atoms with Crippen molar-refractivity contribution in [2.24, 2.45) is 14.1 Å². The molecule has 1 unspecified atom stereocenters. The molecule has 0 radical (unpaired) electrons. The summed E-state index contributed by atoms with van der Waals surface area (Å²) in [4.78, 5) is 13.2. The topological polar surface area (TPSA) is 79.8 Å². The third-order valence-electron chi connectivity index (χ3n) is 3.28. The normalized spacial score (nSPS) is 19.8. The second-order valence-corrected chi connectivity index (χ2v) is 4.66. The van der Waals surface area contributed by atoms with Crippen molar-refractivity contribution in [1.29, 1.82) is 0 Å². The van der Waals surface area contributed by atoms with Crippen LogP contribution in [-0.2, 0) is 18.8 Å². The molecule has 102 valence electrons. The van der Waals surface area contributed by atoms with Crippen LogP contribution < -0.4 is 5.69 Å². The molecule has 8 nitrogen and oxygen atoms in total. The van der Waals surface area contributed by atoms with Gasteiger partial charge in [-0.15, -0.1) is 10.2 Å². The summed E-state index contributed by atoms with van der Waals surface area (Å²) in [5.74, 6) is 0.509. The molecule has 1 aliphatic rings. The van der Waals surface area contributed by atoms with Gasteiger partial charge in [0.05, 0.1) is 6.20 Å². The molecule has 0 saturated carbocycles. The van der Waals surface area contributed by atoms with E-state index < -0.39 is 0 Å². The highest BCUT2D eigenvalue weighted by atomic mass is 16.5. The Morgan fingerprint density at radius 2 is 2.16 bits per heavy atom. The molecule has 1 saturated heterocycles. The molecule has 3 rings (SSSR count). The second-order valence-electron chi connectivity index (χ2n) is 4.66. The average Bonchev–Trinajstić information content (AvgIpc) is 3.01. The Morgan fingerprint density at radius 1 is 1.32 bits per heavy atom. The summed E-state index contributed by atoms with van der Waals surface area (Å²) < 4.78 is 8.35. The first-order chi connectivity index (χ1) is 9.16. The Hall–Kier alpha value is -1.96. The van der Waals surface area contributed by atoms with E-state index in [2.05, 4.69) is 15.3 Å². The zero-order chi connectivity index (χ0) is 13.4. The standard InChI is InChI=1S/C11H16N6O2/c1-15-10(14-16(2)11(15)18)8-7-12-17(13-8)9-5-3-4-6-19-9/h7,9H,3-6H2,1-2H3. The quantitative estimate of drug-likeness (QED) is 0.767. The lowest BCUT2D eigenvalue weighted by atomic mass is 10.2. The monoisotopic (exact) mass is 264 g/mol. The molecule has 19 heavy (non-hydrogen) atoms. The van der Waals surface area contributed by atoms with Gasteiger partial charge in [0, 0.05) is 20.7 Å². The molecule has 1 atom stereocenters. The van der Waals surface area contributed by atoms with Crippen molar-refractivity contribution in [2.45, 2.75) is 25.5 Å². The molecular weight excluding hydrogens is 248 g/mol. The van der Waals surface area contributed by atoms with Crippen LogP contribution in [0.5, 0.6) is 0 Å². The third-order valence-corrected chi connectivity index (χ3v) is 3.28. The average molecular weight is 264 g/mol. The number of ether oxygens (including phenoxy) is 1. The zero-order valence-electron chi connectivity index (χ0n) is 11.0. The smallest absolute Gasteiger partial charge is 0.345 e. The first-order valence-corrected chi connectivity index (χ1v) is 6.30. The molecule has 8 heteroatoms. The Morgan fingerprint density at radius 3 is 2.79 bits per heavy atom. The SMILES string of the molecule is Cn1nc(-c2cnn(C3CCCCO3)n2)n(C)c1=O. The Balaban J connectivity index is 1.92. The van der Waals surface area contributed by atoms with Gasteiger partial charge in [0.1, 0.15) is 0 Å². The summed E-state index contributed by atoms with van der Waals surface area (Å²) in [7, 11) is 3.28. The molecule has 1 aliphatic heterocycles. The van der Waals surface area contributed by atoms with Gasteiger partial charge < -0.3 is 4.74 Å². The first kappa shape index (κ1) is 12.1. The predicted octanol–water partition coefficient (Wildman–Crippen LogP) is 0.0764. The number of nitrogens with zero attached hydrogens (tertiary/aromatic N) is 6. The van der Waals surface area contributed by atoms with Gasteiger partial charge in [0.15, 0.2) is 17.7 Å². The number of aryl methyl sites for hydroxylation is 1. The van der Waals surface area contributed by atoms with E-state index in [0.717, 1.165) is 25.9 Å². The molecule has 0 aliphatic carbocycles. The number of aromatic nitrogens is 6. The van der Waals surface area contributed by atoms with E-state index in [1.807, 2.05) is 0 Å². The van der Waals surface area contributed by atoms with Crippen molar-refractivity contribution in [1.82, 2.24) is 29.3 Å². The van der Waals surface area contributed by atoms with Crippen molar-refractivity contribution in [3.63, 3.8) is 0 Å². The fourth-order valence-corrected chi connectivity index (χ4v) is 2.21. The van der Waals surface area contributed by atoms with Crippen LogP contribution >= 0.6 is 0 Å². The molecule has 3 heterocycles. The predicted molar refractivity (Wildman–Crippen MR) is 66.3 cm³/mol. The van der Waals surface area contributed by atoms with Gasteiger partial charge in [0.25, 0.3) is 0 Å². The Labute approximate surface area is 109 Å². The number of hydrogen-bond donors (Lipinski definition) is 0. The molecular formula is C11H16N6O2. The first-order valence-electron chi connectivity index (χ1n) is 6.30. The summed E-state index contributed by atoms with van der Waals surface area (Å²) in [5.41, 5.74) is 0.396. The lowest BCUT2D eigenvalue weighted by Gasteiger charge is -2.21. The molecule has 2 aromatic rings. The molecule has 1 fully saturated rings. The summed E-state index contributed by atoms with van der Waals surface area (Å²) in [5, 5.41) is 12.7. The van der Waals surface area contributed by atoms with Gasteiger partial charge in [0.2, 0.25) is 0 Å². The van der Waals surface area contributed by atoms with Crippen LogP contribution in [0.25, 0.3) is 11.5 Å². The lowest BCUT2D eigenvalue weighted by molar-refractivity contribution is -0.0479. The van der Waals surface area contributed by atoms with E-state index in [9.17, 15) is 4.79 Å². The van der Waals surface area contributed by atoms with Crippen molar-refractivity contribution < 1.29 is 4.74 Å². The number of hydrogen-bond acceptors (Lipinski definition) is 5. The Bertz CT molecular complexity index is 634. The molecule has 2 aromatic heterocycles. The van der Waals surface area contributed by atoms with Crippen LogP contribution in [0.1, 0.15) is 25.5 Å². The van der Waals surface area contributed by atoms with Crippen LogP contribution in [0.3, 0.4) is 0 Å². The maximum Gasteiger partial charge on any atom is 0.345 e. The highest BCUT2D eigenvalue weighted by Crippen LogP contribution is 2.21. The van der Waals surface area contributed by atoms with E-state index in [1.54, 1.807) is 25.1 Å². The van der Waals surface area contributed by atoms with E-state index in [-0.39, 0.29) is 11.9 Å². The summed E-state index contributed by atoms with van der Waals surface area (Å²) in [6.07, 6.45) is 4.61. The van der Waals surface area contributed by atoms with Crippen LogP contribution in [0.2, 0.25) is 0 Å². The molecule has 0 amide bonds. The molecule has 0 spiro atoms. The maximum atomic E-state index is 11.7. The van der Waals surface area contributed by atoms with Crippen LogP contribution in [-0.4, -0.2) is 35.9 Å². The van der Waals surface area contributed by atoms with Gasteiger partial charge in [-0.3, -0.25) is 4.57 Å². The maximum absolute atomic E-state index is 11.7. The van der Waals surface area contributed by atoms with Gasteiger partial charge in [-0.25, -0.2) is 9.48 Å². The molecule has 0 bridgehead atoms. The minimum absolute atomic E-state index is 0.108. The van der Waals surface area contributed by atoms with Crippen LogP contribution in [0.4, 0.5) is 0 Å². The fourth-order valence-electron chi connectivity index (χ4n) is 2.21. The molecule has 0 N–H and O–H groups in total. The lowest BCUT2D eigenvalue weighted by Crippen LogP contribution is -2.20. The van der Waals surface area contributed by atoms with Crippen molar-refractivity contribution in [3.05, 3.63) is 16.7 Å². The fraction of sp³-hybridized carbons (Fsp3) is 0.636. The highest BCUT2D eigenvalue weighted by molar-refractivity contribution is 5.46. The van der Waals surface area contributed by atoms with Crippen molar-refractivity contribution >= 4 is 0 Å². The minimum atomic E-state index is -0.182. The summed E-state index contributed by atoms with van der Waals surface area (Å²) in [6, 6.07) is 0. The van der Waals surface area contributed by atoms with Crippen molar-refractivity contribution in [3.8, 4) is 11.5 Å². The third kappa shape index (κ3) is 2.07. The number of rotatable bonds is 2. The van der Waals surface area contributed by atoms with E-state index in [4.69, 9.17) is 4.74 Å². The van der Waals surface area contributed by atoms with E-state index in [0.29, 0.717) is 11.5 Å². The molecule has 0 aromatic carbocycles. The highest BCUT2D eigenvalue weighted by Gasteiger charge is 2.20. The van der Waals surface area contributed by atoms with Gasteiger partial charge >= 0.3 is 5.69 Å². The van der Waals surface area contributed by atoms with E-state index >= 15 is 0 Å². The zero-order valence-corrected chi connectivity index (χ0v) is 11.0. The summed E-state index contributed by atoms with van der Waals surface area (Å²) >= 11 is 0. The minimum Gasteiger partial charge on any atom is -0.355 e. The van der Waals surface area contributed by atoms with Crippen molar-refractivity contribution in [2.75, 3.05) is 6.61 Å². The van der Waals surface area contributed by atoms with Gasteiger partial charge in [-0.1, -0.05) is 0 Å². The largest absolute Gasteiger partial charge is 0.355 e. The summed E-state index contributed by atoms with van der Waals surface area (Å²) in [6.45, 7) is 0.740. The van der Waals surface area contributed by atoms with Crippen LogP contribution in [0.15, 0.2) is 11.0 Å². The van der Waals surface area contributed by atoms with Gasteiger partial charge in [-0.2, -0.15) is 9.90 Å². The van der Waals surface area contributed by atoms with Gasteiger partial charge in [-0.05, 0) is 19.3 Å². The Kier molecular flexibility index (Phi) is 2.94. The second kappa shape index (κ2) is 4.61. The van der Waals surface area contributed by atoms with Crippen LogP contribution in [0, 0.1) is 0 Å².